The minimum atomic E-state index is -3.64. The number of nitrogens with one attached hydrogen (secondary N) is 1. The third kappa shape index (κ3) is 5.79. The zero-order valence-corrected chi connectivity index (χ0v) is 18.2. The number of aromatic nitrogens is 2. The zero-order valence-electron chi connectivity index (χ0n) is 17.3. The van der Waals surface area contributed by atoms with Gasteiger partial charge in [0.2, 0.25) is 10.0 Å². The van der Waals surface area contributed by atoms with Crippen molar-refractivity contribution in [2.75, 3.05) is 5.75 Å². The van der Waals surface area contributed by atoms with Crippen LogP contribution in [0.15, 0.2) is 60.8 Å². The van der Waals surface area contributed by atoms with Gasteiger partial charge in [0.15, 0.2) is 0 Å². The number of aryl methyl sites for hydroxylation is 1. The number of sulfonamides is 1. The smallest absolute Gasteiger partial charge is 0.284 e. The van der Waals surface area contributed by atoms with Crippen LogP contribution in [0.4, 0.5) is 0 Å². The van der Waals surface area contributed by atoms with E-state index in [0.717, 1.165) is 29.5 Å². The molecule has 7 heteroatoms. The summed E-state index contributed by atoms with van der Waals surface area (Å²) in [6, 6.07) is 18.3. The van der Waals surface area contributed by atoms with Crippen LogP contribution in [0, 0.1) is 6.92 Å². The SMILES string of the molecule is CCCCCS(=O)(=O)NC(=O)c1cn(Cc2ccc(-c3ccccc3)cc2)c(C)n1. The number of carbonyl (C=O) groups excluding carboxylic acids is 1. The number of unbranched alkanes of at least 4 members (excludes halogenated alkanes) is 2. The molecule has 0 atom stereocenters. The van der Waals surface area contributed by atoms with E-state index in [4.69, 9.17) is 0 Å². The van der Waals surface area contributed by atoms with Gasteiger partial charge in [-0.2, -0.15) is 0 Å². The van der Waals surface area contributed by atoms with Crippen LogP contribution in [0.25, 0.3) is 11.1 Å². The predicted octanol–water partition coefficient (Wildman–Crippen LogP) is 4.16. The summed E-state index contributed by atoms with van der Waals surface area (Å²) in [6.45, 7) is 4.34. The number of imidazole rings is 1. The molecule has 1 aromatic heterocycles. The van der Waals surface area contributed by atoms with E-state index < -0.39 is 15.9 Å². The highest BCUT2D eigenvalue weighted by Crippen LogP contribution is 2.20. The molecule has 0 saturated carbocycles. The van der Waals surface area contributed by atoms with E-state index in [0.29, 0.717) is 18.8 Å². The lowest BCUT2D eigenvalue weighted by molar-refractivity contribution is 0.0977. The van der Waals surface area contributed by atoms with Crippen LogP contribution in [-0.4, -0.2) is 29.6 Å². The maximum absolute atomic E-state index is 12.3. The molecule has 3 rings (SSSR count). The first-order valence-electron chi connectivity index (χ1n) is 10.1. The van der Waals surface area contributed by atoms with Gasteiger partial charge in [-0.25, -0.2) is 18.1 Å². The summed E-state index contributed by atoms with van der Waals surface area (Å²) in [7, 11) is -3.64. The maximum Gasteiger partial charge on any atom is 0.284 e. The number of hydrogen-bond donors (Lipinski definition) is 1. The fraction of sp³-hybridized carbons (Fsp3) is 0.304. The van der Waals surface area contributed by atoms with Gasteiger partial charge in [0.05, 0.1) is 5.75 Å². The normalized spacial score (nSPS) is 11.4. The van der Waals surface area contributed by atoms with Crippen molar-refractivity contribution in [2.45, 2.75) is 39.7 Å². The van der Waals surface area contributed by atoms with Gasteiger partial charge < -0.3 is 4.57 Å². The van der Waals surface area contributed by atoms with Gasteiger partial charge in [0.25, 0.3) is 5.91 Å². The molecule has 2 aromatic carbocycles. The van der Waals surface area contributed by atoms with E-state index in [1.165, 1.54) is 0 Å². The molecule has 1 heterocycles. The van der Waals surface area contributed by atoms with E-state index >= 15 is 0 Å². The molecule has 158 valence electrons. The van der Waals surface area contributed by atoms with Crippen molar-refractivity contribution in [3.05, 3.63) is 77.9 Å². The molecule has 0 radical (unpaired) electrons. The summed E-state index contributed by atoms with van der Waals surface area (Å²) in [4.78, 5) is 16.6. The summed E-state index contributed by atoms with van der Waals surface area (Å²) in [5, 5.41) is 0. The number of carbonyl (C=O) groups is 1. The van der Waals surface area contributed by atoms with Gasteiger partial charge in [-0.05, 0) is 30.0 Å². The lowest BCUT2D eigenvalue weighted by Crippen LogP contribution is -2.32. The first-order valence-corrected chi connectivity index (χ1v) is 11.8. The Balaban J connectivity index is 1.66. The molecule has 0 unspecified atom stereocenters. The van der Waals surface area contributed by atoms with Crippen LogP contribution in [-0.2, 0) is 16.6 Å². The first kappa shape index (κ1) is 21.8. The number of amides is 1. The molecule has 30 heavy (non-hydrogen) atoms. The van der Waals surface area contributed by atoms with Gasteiger partial charge in [-0.1, -0.05) is 74.4 Å². The van der Waals surface area contributed by atoms with Crippen molar-refractivity contribution in [1.82, 2.24) is 14.3 Å². The largest absolute Gasteiger partial charge is 0.330 e. The van der Waals surface area contributed by atoms with Gasteiger partial charge in [0.1, 0.15) is 11.5 Å². The Kier molecular flexibility index (Phi) is 7.05. The number of nitrogens with zero attached hydrogens (tertiary/aromatic N) is 2. The minimum Gasteiger partial charge on any atom is -0.330 e. The van der Waals surface area contributed by atoms with Crippen molar-refractivity contribution >= 4 is 15.9 Å². The topological polar surface area (TPSA) is 81.1 Å². The van der Waals surface area contributed by atoms with E-state index in [1.54, 1.807) is 13.1 Å². The third-order valence-electron chi connectivity index (χ3n) is 4.89. The quantitative estimate of drug-likeness (QED) is 0.522. The van der Waals surface area contributed by atoms with Crippen LogP contribution in [0.5, 0.6) is 0 Å². The molecule has 0 aliphatic carbocycles. The van der Waals surface area contributed by atoms with E-state index in [1.807, 2.05) is 41.8 Å². The van der Waals surface area contributed by atoms with E-state index in [-0.39, 0.29) is 11.4 Å². The molecule has 0 aliphatic rings. The summed E-state index contributed by atoms with van der Waals surface area (Å²) in [5.74, 6) is -0.0940. The van der Waals surface area contributed by atoms with Crippen molar-refractivity contribution in [2.24, 2.45) is 0 Å². The second-order valence-electron chi connectivity index (χ2n) is 7.32. The molecule has 0 bridgehead atoms. The van der Waals surface area contributed by atoms with Gasteiger partial charge in [0, 0.05) is 12.7 Å². The number of hydrogen-bond acceptors (Lipinski definition) is 4. The molecule has 6 nitrogen and oxygen atoms in total. The second-order valence-corrected chi connectivity index (χ2v) is 9.16. The number of benzene rings is 2. The van der Waals surface area contributed by atoms with Crippen LogP contribution in [0.1, 0.15) is 48.1 Å². The van der Waals surface area contributed by atoms with Crippen molar-refractivity contribution in [3.63, 3.8) is 0 Å². The molecule has 0 spiro atoms. The van der Waals surface area contributed by atoms with Gasteiger partial charge >= 0.3 is 0 Å². The summed E-state index contributed by atoms with van der Waals surface area (Å²) < 4.78 is 28.1. The fourth-order valence-electron chi connectivity index (χ4n) is 3.19. The van der Waals surface area contributed by atoms with Gasteiger partial charge in [-0.15, -0.1) is 0 Å². The first-order chi connectivity index (χ1) is 14.4. The Morgan fingerprint density at radius 3 is 2.33 bits per heavy atom. The van der Waals surface area contributed by atoms with E-state index in [2.05, 4.69) is 34.0 Å². The fourth-order valence-corrected chi connectivity index (χ4v) is 4.27. The van der Waals surface area contributed by atoms with Crippen LogP contribution < -0.4 is 4.72 Å². The highest BCUT2D eigenvalue weighted by Gasteiger charge is 2.19. The molecular formula is C23H27N3O3S. The van der Waals surface area contributed by atoms with Crippen LogP contribution in [0.2, 0.25) is 0 Å². The van der Waals surface area contributed by atoms with Crippen molar-refractivity contribution in [3.8, 4) is 11.1 Å². The Morgan fingerprint density at radius 2 is 1.67 bits per heavy atom. The molecule has 3 aromatic rings. The average Bonchev–Trinajstić information content (AvgIpc) is 3.09. The Hall–Kier alpha value is -2.93. The summed E-state index contributed by atoms with van der Waals surface area (Å²) in [6.07, 6.45) is 3.86. The Morgan fingerprint density at radius 1 is 1.00 bits per heavy atom. The monoisotopic (exact) mass is 425 g/mol. The molecule has 1 amide bonds. The Bertz CT molecular complexity index is 1090. The molecule has 0 saturated heterocycles. The second kappa shape index (κ2) is 9.71. The Labute approximate surface area is 178 Å². The molecule has 1 N–H and O–H groups in total. The highest BCUT2D eigenvalue weighted by atomic mass is 32.2. The molecule has 0 aliphatic heterocycles. The number of rotatable bonds is 9. The third-order valence-corrected chi connectivity index (χ3v) is 6.21. The zero-order chi connectivity index (χ0) is 21.6. The van der Waals surface area contributed by atoms with Crippen molar-refractivity contribution < 1.29 is 13.2 Å². The van der Waals surface area contributed by atoms with Crippen molar-refractivity contribution in [1.29, 1.82) is 0 Å². The summed E-state index contributed by atoms with van der Waals surface area (Å²) in [5.41, 5.74) is 3.46. The summed E-state index contributed by atoms with van der Waals surface area (Å²) >= 11 is 0. The standard InChI is InChI=1S/C23H27N3O3S/c1-3-4-8-15-30(28,29)25-23(27)22-17-26(18(2)24-22)16-19-11-13-21(14-12-19)20-9-6-5-7-10-20/h5-7,9-14,17H,3-4,8,15-16H2,1-2H3,(H,25,27). The van der Waals surface area contributed by atoms with Crippen LogP contribution in [0.3, 0.4) is 0 Å². The van der Waals surface area contributed by atoms with E-state index in [9.17, 15) is 13.2 Å². The minimum absolute atomic E-state index is 0.0555. The van der Waals surface area contributed by atoms with Crippen LogP contribution >= 0.6 is 0 Å². The molecule has 0 fully saturated rings. The lowest BCUT2D eigenvalue weighted by Gasteiger charge is -2.07. The lowest BCUT2D eigenvalue weighted by atomic mass is 10.0. The predicted molar refractivity (Wildman–Crippen MR) is 119 cm³/mol. The molecular weight excluding hydrogens is 398 g/mol. The maximum atomic E-state index is 12.3. The average molecular weight is 426 g/mol. The van der Waals surface area contributed by atoms with Gasteiger partial charge in [-0.3, -0.25) is 4.79 Å². The highest BCUT2D eigenvalue weighted by molar-refractivity contribution is 7.90.